The van der Waals surface area contributed by atoms with Crippen LogP contribution in [0.1, 0.15) is 13.8 Å². The van der Waals surface area contributed by atoms with Crippen LogP contribution in [0.2, 0.25) is 0 Å². The molecule has 0 fully saturated rings. The second-order valence-corrected chi connectivity index (χ2v) is 2.90. The normalized spacial score (nSPS) is 18.6. The topological polar surface area (TPSA) is 60.4 Å². The van der Waals surface area contributed by atoms with E-state index >= 15 is 0 Å². The van der Waals surface area contributed by atoms with E-state index in [-0.39, 0.29) is 5.92 Å². The van der Waals surface area contributed by atoms with E-state index in [2.05, 4.69) is 0 Å². The highest BCUT2D eigenvalue weighted by molar-refractivity contribution is 7.79. The minimum absolute atomic E-state index is 0.215. The molecule has 0 bridgehead atoms. The van der Waals surface area contributed by atoms with Crippen LogP contribution in [0.25, 0.3) is 0 Å². The monoisotopic (exact) mass is 137 g/mol. The zero-order valence-corrected chi connectivity index (χ0v) is 5.64. The van der Waals surface area contributed by atoms with Gasteiger partial charge < -0.3 is 9.66 Å². The molecule has 0 rings (SSSR count). The Morgan fingerprint density at radius 3 is 2.00 bits per heavy atom. The Bertz CT molecular complexity index is 91.3. The number of hydrogen-bond donors (Lipinski definition) is 1. The molecule has 0 saturated heterocycles. The van der Waals surface area contributed by atoms with Crippen LogP contribution in [0, 0.1) is 5.92 Å². The summed E-state index contributed by atoms with van der Waals surface area (Å²) in [6, 6.07) is 0. The highest BCUT2D eigenvalue weighted by Gasteiger charge is 2.07. The summed E-state index contributed by atoms with van der Waals surface area (Å²) >= 11 is -2.33. The van der Waals surface area contributed by atoms with Crippen molar-refractivity contribution in [3.05, 3.63) is 0 Å². The minimum Gasteiger partial charge on any atom is -0.770 e. The molecular weight excluding hydrogens is 128 g/mol. The molecule has 0 saturated carbocycles. The molecule has 0 aromatic carbocycles. The third kappa shape index (κ3) is 2.40. The predicted octanol–water partition coefficient (Wildman–Crippen LogP) is -0.160. The maximum absolute atomic E-state index is 9.89. The molecule has 4 heteroatoms. The molecule has 0 aromatic rings. The third-order valence-corrected chi connectivity index (χ3v) is 1.71. The van der Waals surface area contributed by atoms with E-state index in [0.29, 0.717) is 0 Å². The van der Waals surface area contributed by atoms with Crippen molar-refractivity contribution in [3.8, 4) is 0 Å². The summed E-state index contributed by atoms with van der Waals surface area (Å²) in [4.78, 5) is 0. The van der Waals surface area contributed by atoms with Crippen molar-refractivity contribution in [1.29, 1.82) is 0 Å². The Hall–Kier alpha value is 0.0700. The van der Waals surface area contributed by atoms with E-state index in [9.17, 15) is 8.76 Å². The quantitative estimate of drug-likeness (QED) is 0.538. The second kappa shape index (κ2) is 3.17. The van der Waals surface area contributed by atoms with Crippen molar-refractivity contribution in [2.24, 2.45) is 5.92 Å². The van der Waals surface area contributed by atoms with Crippen LogP contribution < -0.4 is 0 Å². The van der Waals surface area contributed by atoms with Gasteiger partial charge in [0.05, 0.1) is 0 Å². The first-order chi connectivity index (χ1) is 3.55. The van der Waals surface area contributed by atoms with Gasteiger partial charge in [0, 0.05) is 0 Å². The average Bonchev–Trinajstić information content (AvgIpc) is 1.64. The molecule has 0 aliphatic heterocycles. The molecule has 50 valence electrons. The fourth-order valence-electron chi connectivity index (χ4n) is 0.222. The third-order valence-electron chi connectivity index (χ3n) is 0.767. The molecule has 0 aliphatic rings. The van der Waals surface area contributed by atoms with Crippen LogP contribution in [0.5, 0.6) is 0 Å². The van der Waals surface area contributed by atoms with Crippen molar-refractivity contribution in [3.63, 3.8) is 0 Å². The van der Waals surface area contributed by atoms with E-state index in [1.165, 1.54) is 0 Å². The Kier molecular flexibility index (Phi) is 3.19. The minimum atomic E-state index is -2.33. The van der Waals surface area contributed by atoms with Crippen molar-refractivity contribution >= 4 is 11.1 Å². The molecule has 0 spiro atoms. The summed E-state index contributed by atoms with van der Waals surface area (Å²) in [6.07, 6.45) is 0. The summed E-state index contributed by atoms with van der Waals surface area (Å²) in [6.45, 7) is 3.28. The number of aliphatic hydroxyl groups is 1. The van der Waals surface area contributed by atoms with Crippen molar-refractivity contribution in [2.75, 3.05) is 0 Å². The summed E-state index contributed by atoms with van der Waals surface area (Å²) in [7, 11) is 0. The Morgan fingerprint density at radius 1 is 1.62 bits per heavy atom. The lowest BCUT2D eigenvalue weighted by Crippen LogP contribution is -2.19. The molecule has 0 aliphatic carbocycles. The Balaban J connectivity index is 3.64. The van der Waals surface area contributed by atoms with Crippen LogP contribution >= 0.6 is 0 Å². The van der Waals surface area contributed by atoms with Gasteiger partial charge in [-0.1, -0.05) is 13.8 Å². The standard InChI is InChI=1S/C4H10O3S/c1-3(2)4(5)8(6)7/h3-5H,1-2H3,(H,6,7)/p-1. The second-order valence-electron chi connectivity index (χ2n) is 1.90. The van der Waals surface area contributed by atoms with Gasteiger partial charge in [0.2, 0.25) is 0 Å². The molecule has 0 aromatic heterocycles. The van der Waals surface area contributed by atoms with Crippen LogP contribution in [0.4, 0.5) is 0 Å². The smallest absolute Gasteiger partial charge is 0.118 e. The van der Waals surface area contributed by atoms with Gasteiger partial charge in [0.1, 0.15) is 5.44 Å². The molecule has 8 heavy (non-hydrogen) atoms. The summed E-state index contributed by atoms with van der Waals surface area (Å²) in [5, 5.41) is 8.59. The Labute approximate surface area is 51.0 Å². The molecule has 0 amide bonds. The van der Waals surface area contributed by atoms with E-state index in [1.54, 1.807) is 13.8 Å². The van der Waals surface area contributed by atoms with Gasteiger partial charge >= 0.3 is 0 Å². The lowest BCUT2D eigenvalue weighted by Gasteiger charge is -2.16. The van der Waals surface area contributed by atoms with Crippen molar-refractivity contribution < 1.29 is 13.9 Å². The number of aliphatic hydroxyl groups excluding tert-OH is 1. The highest BCUT2D eigenvalue weighted by Crippen LogP contribution is 2.02. The van der Waals surface area contributed by atoms with Crippen molar-refractivity contribution in [1.82, 2.24) is 0 Å². The van der Waals surface area contributed by atoms with Gasteiger partial charge in [0.15, 0.2) is 0 Å². The molecular formula is C4H9O3S-. The molecule has 2 atom stereocenters. The largest absolute Gasteiger partial charge is 0.770 e. The van der Waals surface area contributed by atoms with Gasteiger partial charge in [-0.05, 0) is 17.0 Å². The van der Waals surface area contributed by atoms with E-state index in [4.69, 9.17) is 5.11 Å². The van der Waals surface area contributed by atoms with Crippen LogP contribution in [-0.4, -0.2) is 19.3 Å². The van der Waals surface area contributed by atoms with Gasteiger partial charge in [-0.3, -0.25) is 4.21 Å². The average molecular weight is 137 g/mol. The molecule has 2 unspecified atom stereocenters. The first kappa shape index (κ1) is 8.07. The van der Waals surface area contributed by atoms with E-state index in [1.807, 2.05) is 0 Å². The van der Waals surface area contributed by atoms with Gasteiger partial charge in [-0.2, -0.15) is 0 Å². The van der Waals surface area contributed by atoms with E-state index in [0.717, 1.165) is 0 Å². The maximum Gasteiger partial charge on any atom is 0.118 e. The molecule has 3 nitrogen and oxygen atoms in total. The molecule has 1 N–H and O–H groups in total. The lowest BCUT2D eigenvalue weighted by atomic mass is 10.2. The summed E-state index contributed by atoms with van der Waals surface area (Å²) < 4.78 is 19.8. The van der Waals surface area contributed by atoms with Crippen molar-refractivity contribution in [2.45, 2.75) is 19.3 Å². The molecule has 0 heterocycles. The zero-order valence-electron chi connectivity index (χ0n) is 4.83. The Morgan fingerprint density at radius 2 is 2.00 bits per heavy atom. The van der Waals surface area contributed by atoms with Gasteiger partial charge in [0.25, 0.3) is 0 Å². The van der Waals surface area contributed by atoms with Gasteiger partial charge in [-0.25, -0.2) is 0 Å². The van der Waals surface area contributed by atoms with E-state index < -0.39 is 16.5 Å². The molecule has 0 radical (unpaired) electrons. The fraction of sp³-hybridized carbons (Fsp3) is 1.00. The lowest BCUT2D eigenvalue weighted by molar-refractivity contribution is 0.195. The first-order valence-electron chi connectivity index (χ1n) is 2.32. The zero-order chi connectivity index (χ0) is 6.73. The van der Waals surface area contributed by atoms with Gasteiger partial charge in [-0.15, -0.1) is 0 Å². The number of hydrogen-bond acceptors (Lipinski definition) is 3. The maximum atomic E-state index is 9.89. The van der Waals surface area contributed by atoms with Crippen LogP contribution in [0.3, 0.4) is 0 Å². The highest BCUT2D eigenvalue weighted by atomic mass is 32.2. The van der Waals surface area contributed by atoms with Crippen LogP contribution in [-0.2, 0) is 11.1 Å². The van der Waals surface area contributed by atoms with Crippen LogP contribution in [0.15, 0.2) is 0 Å². The first-order valence-corrected chi connectivity index (χ1v) is 3.45. The number of rotatable bonds is 2. The fourth-order valence-corrected chi connectivity index (χ4v) is 0.667. The SMILES string of the molecule is CC(C)C(O)S(=O)[O-]. The summed E-state index contributed by atoms with van der Waals surface area (Å²) in [5.41, 5.74) is -1.21. The predicted molar refractivity (Wildman–Crippen MR) is 29.8 cm³/mol. The summed E-state index contributed by atoms with van der Waals surface area (Å²) in [5.74, 6) is -0.215.